The lowest BCUT2D eigenvalue weighted by Gasteiger charge is -2.09. The normalized spacial score (nSPS) is 13.8. The summed E-state index contributed by atoms with van der Waals surface area (Å²) in [6.07, 6.45) is 0.690. The number of allylic oxidation sites excluding steroid dienone is 6. The van der Waals surface area contributed by atoms with Gasteiger partial charge >= 0.3 is 12.4 Å². The van der Waals surface area contributed by atoms with Crippen LogP contribution in [0.15, 0.2) is 313 Å². The Kier molecular flexibility index (Phi) is 27.9. The number of benzene rings is 12. The minimum absolute atomic E-state index is 0.146. The maximum absolute atomic E-state index is 13.2. The first-order chi connectivity index (χ1) is 60.4. The standard InChI is InChI=1S/C20H19F.C18H15F3N2.C18H15FO.C18H17F.C17H12BrFS.C17H12F4N2/c1-14-2-4-15(5-3-14)18-12-20(10-11-20)13-19(18)16-6-8-17(21)9-7-16;1-12-3-7-14(8-4-12)16-11-17(18(19,20)21)22-23(16)15-9-5-13(2)6-10-15;1-12-2-4-13(5-3-12)16-10-11-17(20)18(16)14-6-8-15(19)9-7-14;1-13-5-7-14(8-6-13)17-3-2-4-18(17)15-9-11-16(19)12-10-15;1-11-2-4-12(5-3-11)15-10-16(18)20-17(15)13-6-8-14(19)9-7-13;1-11-2-8-14(9-3-11)23-15(10-16(22-23)17(19,20)21)12-4-6-13(18)7-5-12/h2-9H,10-13H2,1H3;3-11H,1-2H3;2-9H,10-11H2,1H3;5-12H,2-4H2,1H3;2-10H,1H3;2-10H,1H3. The molecule has 12 aromatic carbocycles. The third kappa shape index (κ3) is 22.5. The van der Waals surface area contributed by atoms with Crippen LogP contribution in [0.1, 0.15) is 142 Å². The number of hydrogen-bond acceptors (Lipinski definition) is 4. The number of thiophene rings is 1. The smallest absolute Gasteiger partial charge is 0.294 e. The number of rotatable bonds is 12. The summed E-state index contributed by atoms with van der Waals surface area (Å²) in [5.41, 5.74) is 27.4. The fourth-order valence-corrected chi connectivity index (χ4v) is 17.3. The first kappa shape index (κ1) is 89.6. The highest BCUT2D eigenvalue weighted by atomic mass is 79.9. The van der Waals surface area contributed by atoms with E-state index in [4.69, 9.17) is 0 Å². The number of Topliss-reactive ketones (excluding diaryl/α,β-unsaturated/α-hetero) is 1. The van der Waals surface area contributed by atoms with Gasteiger partial charge in [-0.25, -0.2) is 31.3 Å². The van der Waals surface area contributed by atoms with Gasteiger partial charge in [0, 0.05) is 33.6 Å². The predicted molar refractivity (Wildman–Crippen MR) is 492 cm³/mol. The number of ketones is 1. The zero-order valence-corrected chi connectivity index (χ0v) is 72.9. The summed E-state index contributed by atoms with van der Waals surface area (Å²) in [7, 11) is 0. The van der Waals surface area contributed by atoms with Crippen molar-refractivity contribution >= 4 is 66.5 Å². The lowest BCUT2D eigenvalue weighted by molar-refractivity contribution is -0.142. The van der Waals surface area contributed by atoms with Crippen LogP contribution in [0.5, 0.6) is 0 Å². The zero-order valence-electron chi connectivity index (χ0n) is 70.4. The van der Waals surface area contributed by atoms with Gasteiger partial charge in [-0.3, -0.25) is 4.79 Å². The molecule has 3 heterocycles. The minimum atomic E-state index is -4.55. The molecule has 5 nitrogen and oxygen atoms in total. The molecule has 1 spiro atoms. The van der Waals surface area contributed by atoms with Gasteiger partial charge in [0.1, 0.15) is 29.1 Å². The van der Waals surface area contributed by atoms with Crippen molar-refractivity contribution in [3.8, 4) is 55.5 Å². The Balaban J connectivity index is 0.000000123. The molecular formula is C108H90BrF11N4OS. The first-order valence-electron chi connectivity index (χ1n) is 41.5. The van der Waals surface area contributed by atoms with Crippen molar-refractivity contribution in [3.05, 3.63) is 426 Å². The number of alkyl halides is 6. The minimum Gasteiger partial charge on any atom is -0.294 e. The molecule has 3 aromatic heterocycles. The number of carbonyl (C=O) groups excluding carboxylic acids is 1. The van der Waals surface area contributed by atoms with Crippen molar-refractivity contribution in [1.29, 1.82) is 0 Å². The van der Waals surface area contributed by atoms with Crippen LogP contribution in [0.25, 0.3) is 88.9 Å². The van der Waals surface area contributed by atoms with Gasteiger partial charge in [-0.2, -0.15) is 36.5 Å². The van der Waals surface area contributed by atoms with E-state index in [1.54, 1.807) is 96.3 Å². The Hall–Kier alpha value is -12.6. The van der Waals surface area contributed by atoms with E-state index in [0.717, 1.165) is 96.6 Å². The summed E-state index contributed by atoms with van der Waals surface area (Å²) < 4.78 is 147. The Morgan fingerprint density at radius 3 is 0.929 bits per heavy atom. The van der Waals surface area contributed by atoms with E-state index in [1.165, 1.54) is 156 Å². The molecule has 0 amide bonds. The van der Waals surface area contributed by atoms with E-state index in [2.05, 4.69) is 126 Å². The highest BCUT2D eigenvalue weighted by Crippen LogP contribution is 2.63. The summed E-state index contributed by atoms with van der Waals surface area (Å²) in [5, 5.41) is 7.45. The van der Waals surface area contributed by atoms with E-state index in [-0.39, 0.29) is 34.7 Å². The van der Waals surface area contributed by atoms with Crippen molar-refractivity contribution in [2.24, 2.45) is 5.41 Å². The van der Waals surface area contributed by atoms with Gasteiger partial charge in [0.15, 0.2) is 17.2 Å². The number of aryl methyl sites for hydroxylation is 7. The van der Waals surface area contributed by atoms with Gasteiger partial charge in [-0.15, -0.1) is 11.3 Å². The number of carbonyl (C=O) groups is 1. The fraction of sp³-hybridized carbons (Fsp3) is 0.176. The summed E-state index contributed by atoms with van der Waals surface area (Å²) >= 11 is 5.22. The van der Waals surface area contributed by atoms with Gasteiger partial charge in [0.2, 0.25) is 0 Å². The highest BCUT2D eigenvalue weighted by molar-refractivity contribution is 9.11. The van der Waals surface area contributed by atoms with Gasteiger partial charge in [-0.05, 0) is 309 Å². The Bertz CT molecular complexity index is 5940. The largest absolute Gasteiger partial charge is 0.435 e. The van der Waals surface area contributed by atoms with Gasteiger partial charge in [-0.1, -0.05) is 233 Å². The van der Waals surface area contributed by atoms with Gasteiger partial charge < -0.3 is 0 Å². The summed E-state index contributed by atoms with van der Waals surface area (Å²) in [6, 6.07) is 91.9. The summed E-state index contributed by atoms with van der Waals surface area (Å²) in [4.78, 5) is 13.3. The maximum Gasteiger partial charge on any atom is 0.435 e. The van der Waals surface area contributed by atoms with Crippen molar-refractivity contribution in [2.75, 3.05) is 0 Å². The molecule has 0 unspecified atom stereocenters. The molecule has 0 radical (unpaired) electrons. The van der Waals surface area contributed by atoms with Gasteiger partial charge in [0.25, 0.3) is 0 Å². The quantitative estimate of drug-likeness (QED) is 0.115. The van der Waals surface area contributed by atoms with Crippen molar-refractivity contribution in [2.45, 2.75) is 119 Å². The molecule has 0 N–H and O–H groups in total. The number of halogens is 12. The summed E-state index contributed by atoms with van der Waals surface area (Å²) in [5.74, 6) is -1.12. The molecule has 4 aliphatic carbocycles. The van der Waals surface area contributed by atoms with Crippen LogP contribution in [0, 0.1) is 83.0 Å². The van der Waals surface area contributed by atoms with Crippen LogP contribution in [0.2, 0.25) is 0 Å². The van der Waals surface area contributed by atoms with Crippen molar-refractivity contribution in [1.82, 2.24) is 19.6 Å². The highest BCUT2D eigenvalue weighted by Gasteiger charge is 2.48. The fourth-order valence-electron chi connectivity index (χ4n) is 15.6. The molecule has 19 rings (SSSR count). The molecule has 0 saturated heterocycles. The van der Waals surface area contributed by atoms with E-state index in [9.17, 15) is 53.1 Å². The molecule has 1 fully saturated rings. The van der Waals surface area contributed by atoms with Crippen LogP contribution >= 0.6 is 27.3 Å². The lowest BCUT2D eigenvalue weighted by atomic mass is 9.96. The molecule has 638 valence electrons. The average Bonchev–Trinajstić information content (AvgIpc) is 1.58. The number of nitrogens with zero attached hydrogens (tertiary/aromatic N) is 4. The topological polar surface area (TPSA) is 52.7 Å². The maximum atomic E-state index is 13.2. The second kappa shape index (κ2) is 39.3. The lowest BCUT2D eigenvalue weighted by Crippen LogP contribution is -2.07. The van der Waals surface area contributed by atoms with Crippen molar-refractivity contribution < 1.29 is 53.1 Å². The summed E-state index contributed by atoms with van der Waals surface area (Å²) in [6.45, 7) is 14.1. The van der Waals surface area contributed by atoms with Gasteiger partial charge in [0.05, 0.1) is 26.5 Å². The van der Waals surface area contributed by atoms with Crippen molar-refractivity contribution in [3.63, 3.8) is 0 Å². The Morgan fingerprint density at radius 1 is 0.317 bits per heavy atom. The van der Waals surface area contributed by atoms with Crippen LogP contribution < -0.4 is 0 Å². The Labute approximate surface area is 739 Å². The van der Waals surface area contributed by atoms with Crippen LogP contribution in [0.3, 0.4) is 0 Å². The second-order valence-corrected chi connectivity index (χ2v) is 34.8. The zero-order chi connectivity index (χ0) is 89.1. The molecule has 18 heteroatoms. The van der Waals surface area contributed by atoms with E-state index >= 15 is 0 Å². The number of hydrogen-bond donors (Lipinski definition) is 0. The SMILES string of the molecule is Cc1ccc(-c2cc(Br)sc2-c2ccc(F)cc2)cc1.Cc1ccc(-c2cc(C(F)(F)F)nn2-c2ccc(C)cc2)cc1.Cc1ccc(-n2nc(C(F)(F)F)cc2-c2ccc(F)cc2)cc1.Cc1ccc(C2=C(c3ccc(F)cc3)C(=O)CC2)cc1.Cc1ccc(C2=C(c3ccc(F)cc3)CC3(CC3)C2)cc1.Cc1ccc(C2=C(c3ccc(F)cc3)CCC2)cc1. The van der Waals surface area contributed by atoms with E-state index in [0.29, 0.717) is 40.0 Å². The number of aromatic nitrogens is 4. The molecule has 0 aliphatic heterocycles. The second-order valence-electron chi connectivity index (χ2n) is 32.4. The third-order valence-corrected chi connectivity index (χ3v) is 24.4. The molecule has 0 atom stereocenters. The average molecular weight is 1780 g/mol. The molecule has 4 aliphatic rings. The van der Waals surface area contributed by atoms with Crippen LogP contribution in [-0.2, 0) is 17.1 Å². The molecule has 126 heavy (non-hydrogen) atoms. The van der Waals surface area contributed by atoms with Crippen LogP contribution in [-0.4, -0.2) is 25.3 Å². The first-order valence-corrected chi connectivity index (χ1v) is 43.1. The Morgan fingerprint density at radius 2 is 0.595 bits per heavy atom. The predicted octanol–water partition coefficient (Wildman–Crippen LogP) is 31.7. The molecule has 1 saturated carbocycles. The van der Waals surface area contributed by atoms with Crippen LogP contribution in [0.4, 0.5) is 48.3 Å². The molecule has 15 aromatic rings. The van der Waals surface area contributed by atoms with E-state index < -0.39 is 29.6 Å². The monoisotopic (exact) mass is 1780 g/mol. The van der Waals surface area contributed by atoms with E-state index in [1.807, 2.05) is 113 Å². The molecular weight excluding hydrogens is 1690 g/mol. The molecule has 0 bridgehead atoms. The third-order valence-electron chi connectivity index (χ3n) is 22.8.